The fraction of sp³-hybridized carbons (Fsp3) is 0.133. The molecule has 0 radical (unpaired) electrons. The van der Waals surface area contributed by atoms with Gasteiger partial charge in [0.1, 0.15) is 0 Å². The van der Waals surface area contributed by atoms with Gasteiger partial charge in [-0.1, -0.05) is 35.3 Å². The Bertz CT molecular complexity index is 752. The summed E-state index contributed by atoms with van der Waals surface area (Å²) in [5, 5.41) is 14.2. The highest BCUT2D eigenvalue weighted by molar-refractivity contribution is 6.35. The van der Waals surface area contributed by atoms with Crippen LogP contribution in [0.3, 0.4) is 0 Å². The number of rotatable bonds is 5. The van der Waals surface area contributed by atoms with Crippen LogP contribution in [0, 0.1) is 10.1 Å². The number of nitrogens with zero attached hydrogens (tertiary/aromatic N) is 1. The molecule has 1 N–H and O–H groups in total. The normalized spacial score (nSPS) is 11.6. The second-order valence-corrected chi connectivity index (χ2v) is 5.44. The Labute approximate surface area is 142 Å². The quantitative estimate of drug-likeness (QED) is 0.640. The molecule has 23 heavy (non-hydrogen) atoms. The minimum absolute atomic E-state index is 0.0114. The van der Waals surface area contributed by atoms with E-state index in [2.05, 4.69) is 5.32 Å². The van der Waals surface area contributed by atoms with Crippen LogP contribution in [-0.2, 0) is 4.79 Å². The molecule has 120 valence electrons. The van der Waals surface area contributed by atoms with Crippen molar-refractivity contribution in [3.63, 3.8) is 0 Å². The molecule has 0 spiro atoms. The van der Waals surface area contributed by atoms with E-state index in [1.807, 2.05) is 0 Å². The molecule has 0 bridgehead atoms. The van der Waals surface area contributed by atoms with Crippen LogP contribution in [0.2, 0.25) is 10.0 Å². The van der Waals surface area contributed by atoms with E-state index in [1.165, 1.54) is 31.2 Å². The molecule has 0 heterocycles. The van der Waals surface area contributed by atoms with Crippen LogP contribution in [0.4, 0.5) is 11.4 Å². The molecule has 0 unspecified atom stereocenters. The fourth-order valence-corrected chi connectivity index (χ4v) is 2.12. The number of hydrogen-bond acceptors (Lipinski definition) is 4. The number of benzene rings is 2. The highest BCUT2D eigenvalue weighted by Gasteiger charge is 2.21. The number of ether oxygens (including phenoxy) is 1. The topological polar surface area (TPSA) is 81.5 Å². The highest BCUT2D eigenvalue weighted by Crippen LogP contribution is 2.28. The van der Waals surface area contributed by atoms with Gasteiger partial charge >= 0.3 is 5.69 Å². The summed E-state index contributed by atoms with van der Waals surface area (Å²) in [6.45, 7) is 1.48. The third-order valence-corrected chi connectivity index (χ3v) is 3.49. The number of nitrogens with one attached hydrogen (secondary N) is 1. The number of anilines is 1. The van der Waals surface area contributed by atoms with Gasteiger partial charge in [0.15, 0.2) is 11.9 Å². The van der Waals surface area contributed by atoms with Crippen molar-refractivity contribution in [2.45, 2.75) is 13.0 Å². The molecule has 8 heteroatoms. The lowest BCUT2D eigenvalue weighted by Crippen LogP contribution is -2.30. The van der Waals surface area contributed by atoms with Gasteiger partial charge in [-0.15, -0.1) is 0 Å². The summed E-state index contributed by atoms with van der Waals surface area (Å²) in [4.78, 5) is 22.5. The van der Waals surface area contributed by atoms with E-state index in [4.69, 9.17) is 27.9 Å². The van der Waals surface area contributed by atoms with Gasteiger partial charge in [-0.25, -0.2) is 0 Å². The summed E-state index contributed by atoms with van der Waals surface area (Å²) >= 11 is 11.8. The number of hydrogen-bond donors (Lipinski definition) is 1. The summed E-state index contributed by atoms with van der Waals surface area (Å²) in [5.41, 5.74) is 0.120. The van der Waals surface area contributed by atoms with Crippen LogP contribution >= 0.6 is 23.2 Å². The molecule has 0 aromatic heterocycles. The number of nitro benzene ring substituents is 1. The first kappa shape index (κ1) is 17.1. The smallest absolute Gasteiger partial charge is 0.310 e. The molecule has 0 aliphatic heterocycles. The molecule has 0 saturated carbocycles. The van der Waals surface area contributed by atoms with Gasteiger partial charge in [-0.05, 0) is 31.2 Å². The fourth-order valence-electron chi connectivity index (χ4n) is 1.78. The number of carbonyl (C=O) groups is 1. The average molecular weight is 355 g/mol. The number of carbonyl (C=O) groups excluding carboxylic acids is 1. The first-order valence-electron chi connectivity index (χ1n) is 6.54. The molecule has 0 fully saturated rings. The Morgan fingerprint density at radius 1 is 1.26 bits per heavy atom. The average Bonchev–Trinajstić information content (AvgIpc) is 2.51. The van der Waals surface area contributed by atoms with Crippen molar-refractivity contribution >= 4 is 40.5 Å². The standard InChI is InChI=1S/C15H12Cl2N2O4/c1-9(23-14-5-3-2-4-13(14)19(21)22)15(20)18-12-8-10(16)6-7-11(12)17/h2-9H,1H3,(H,18,20)/t9-/m0/s1. The zero-order valence-corrected chi connectivity index (χ0v) is 13.5. The summed E-state index contributed by atoms with van der Waals surface area (Å²) in [6, 6.07) is 10.5. The minimum Gasteiger partial charge on any atom is -0.474 e. The number of amides is 1. The van der Waals surface area contributed by atoms with Crippen molar-refractivity contribution in [3.05, 3.63) is 62.6 Å². The lowest BCUT2D eigenvalue weighted by Gasteiger charge is -2.15. The van der Waals surface area contributed by atoms with Crippen LogP contribution in [0.1, 0.15) is 6.92 Å². The molecule has 6 nitrogen and oxygen atoms in total. The molecule has 2 rings (SSSR count). The number of halogens is 2. The van der Waals surface area contributed by atoms with Gasteiger partial charge in [0.2, 0.25) is 0 Å². The van der Waals surface area contributed by atoms with E-state index in [0.29, 0.717) is 15.7 Å². The van der Waals surface area contributed by atoms with E-state index in [9.17, 15) is 14.9 Å². The summed E-state index contributed by atoms with van der Waals surface area (Å²) in [5.74, 6) is -0.496. The SMILES string of the molecule is C[C@H](Oc1ccccc1[N+](=O)[O-])C(=O)Nc1cc(Cl)ccc1Cl. The first-order valence-corrected chi connectivity index (χ1v) is 7.30. The Kier molecular flexibility index (Phi) is 5.41. The molecule has 1 atom stereocenters. The van der Waals surface area contributed by atoms with Crippen molar-refractivity contribution in [2.24, 2.45) is 0 Å². The van der Waals surface area contributed by atoms with Crippen LogP contribution in [0.5, 0.6) is 5.75 Å². The summed E-state index contributed by atoms with van der Waals surface area (Å²) in [6.07, 6.45) is -0.967. The molecule has 1 amide bonds. The van der Waals surface area contributed by atoms with Crippen LogP contribution in [-0.4, -0.2) is 16.9 Å². The first-order chi connectivity index (χ1) is 10.9. The number of para-hydroxylation sites is 2. The lowest BCUT2D eigenvalue weighted by molar-refractivity contribution is -0.386. The zero-order valence-electron chi connectivity index (χ0n) is 12.0. The van der Waals surface area contributed by atoms with E-state index >= 15 is 0 Å². The van der Waals surface area contributed by atoms with Crippen molar-refractivity contribution in [2.75, 3.05) is 5.32 Å². The van der Waals surface area contributed by atoms with E-state index in [1.54, 1.807) is 18.2 Å². The monoisotopic (exact) mass is 354 g/mol. The molecule has 0 saturated heterocycles. The van der Waals surface area contributed by atoms with E-state index in [-0.39, 0.29) is 11.4 Å². The number of nitro groups is 1. The minimum atomic E-state index is -0.967. The molecule has 2 aromatic rings. The molecule has 0 aliphatic rings. The summed E-state index contributed by atoms with van der Waals surface area (Å²) in [7, 11) is 0. The van der Waals surface area contributed by atoms with Gasteiger partial charge in [-0.3, -0.25) is 14.9 Å². The van der Waals surface area contributed by atoms with Crippen molar-refractivity contribution in [1.82, 2.24) is 0 Å². The largest absolute Gasteiger partial charge is 0.474 e. The third-order valence-electron chi connectivity index (χ3n) is 2.92. The van der Waals surface area contributed by atoms with Gasteiger partial charge in [-0.2, -0.15) is 0 Å². The predicted octanol–water partition coefficient (Wildman–Crippen LogP) is 4.31. The van der Waals surface area contributed by atoms with Crippen molar-refractivity contribution in [3.8, 4) is 5.75 Å². The molecular weight excluding hydrogens is 343 g/mol. The van der Waals surface area contributed by atoms with Crippen molar-refractivity contribution in [1.29, 1.82) is 0 Å². The van der Waals surface area contributed by atoms with Crippen LogP contribution < -0.4 is 10.1 Å². The zero-order chi connectivity index (χ0) is 17.0. The van der Waals surface area contributed by atoms with Gasteiger partial charge in [0.25, 0.3) is 5.91 Å². The van der Waals surface area contributed by atoms with E-state index in [0.717, 1.165) is 0 Å². The van der Waals surface area contributed by atoms with Gasteiger partial charge < -0.3 is 10.1 Å². The third kappa shape index (κ3) is 4.34. The Morgan fingerprint density at radius 3 is 2.65 bits per heavy atom. The van der Waals surface area contributed by atoms with Gasteiger partial charge in [0.05, 0.1) is 15.6 Å². The highest BCUT2D eigenvalue weighted by atomic mass is 35.5. The van der Waals surface area contributed by atoms with Crippen LogP contribution in [0.15, 0.2) is 42.5 Å². The Balaban J connectivity index is 2.12. The molecule has 0 aliphatic carbocycles. The summed E-state index contributed by atoms with van der Waals surface area (Å²) < 4.78 is 5.38. The maximum absolute atomic E-state index is 12.2. The second-order valence-electron chi connectivity index (χ2n) is 4.60. The molecule has 2 aromatic carbocycles. The Hall–Kier alpha value is -2.31. The lowest BCUT2D eigenvalue weighted by atomic mass is 10.2. The Morgan fingerprint density at radius 2 is 1.96 bits per heavy atom. The van der Waals surface area contributed by atoms with Crippen LogP contribution in [0.25, 0.3) is 0 Å². The molecular formula is C15H12Cl2N2O4. The second kappa shape index (κ2) is 7.30. The predicted molar refractivity (Wildman–Crippen MR) is 88.3 cm³/mol. The van der Waals surface area contributed by atoms with Crippen molar-refractivity contribution < 1.29 is 14.5 Å². The maximum atomic E-state index is 12.2. The van der Waals surface area contributed by atoms with E-state index < -0.39 is 16.9 Å². The van der Waals surface area contributed by atoms with Gasteiger partial charge in [0, 0.05) is 11.1 Å². The maximum Gasteiger partial charge on any atom is 0.310 e.